The van der Waals surface area contributed by atoms with Crippen molar-refractivity contribution in [2.24, 2.45) is 0 Å². The Kier molecular flexibility index (Phi) is 13.8. The molecule has 0 bridgehead atoms. The molecule has 0 aliphatic heterocycles. The third-order valence-corrected chi connectivity index (χ3v) is 5.22. The lowest BCUT2D eigenvalue weighted by atomic mass is 10.2. The zero-order valence-electron chi connectivity index (χ0n) is 27.9. The monoisotopic (exact) mass is 671 g/mol. The van der Waals surface area contributed by atoms with Gasteiger partial charge in [0.05, 0.1) is 37.6 Å². The predicted octanol–water partition coefficient (Wildman–Crippen LogP) is 4.81. The van der Waals surface area contributed by atoms with Crippen molar-refractivity contribution in [1.82, 2.24) is 14.8 Å². The zero-order valence-corrected chi connectivity index (χ0v) is 29.5. The van der Waals surface area contributed by atoms with Crippen molar-refractivity contribution in [1.29, 1.82) is 0 Å². The summed E-state index contributed by atoms with van der Waals surface area (Å²) >= 11 is 3.51. The van der Waals surface area contributed by atoms with Gasteiger partial charge in [-0.15, -0.1) is 0 Å². The average molecular weight is 673 g/mol. The van der Waals surface area contributed by atoms with Crippen LogP contribution >= 0.6 is 15.9 Å². The molecule has 1 aromatic heterocycles. The fourth-order valence-corrected chi connectivity index (χ4v) is 4.32. The fraction of sp³-hybridized carbons (Fsp3) is 0.710. The minimum atomic E-state index is -0.693. The van der Waals surface area contributed by atoms with E-state index in [1.165, 1.54) is 0 Å². The van der Waals surface area contributed by atoms with Gasteiger partial charge in [0.15, 0.2) is 0 Å². The van der Waals surface area contributed by atoms with E-state index in [1.807, 2.05) is 0 Å². The molecular weight excluding hydrogens is 622 g/mol. The van der Waals surface area contributed by atoms with Crippen LogP contribution in [0.25, 0.3) is 0 Å². The summed E-state index contributed by atoms with van der Waals surface area (Å²) in [6.07, 6.45) is 0. The molecule has 1 heterocycles. The Morgan fingerprint density at radius 3 is 1.00 bits per heavy atom. The summed E-state index contributed by atoms with van der Waals surface area (Å²) in [7, 11) is 0. The first-order chi connectivity index (χ1) is 19.3. The normalized spacial score (nSPS) is 12.7. The molecule has 0 aliphatic carbocycles. The number of rotatable bonds is 12. The van der Waals surface area contributed by atoms with Crippen molar-refractivity contribution in [3.63, 3.8) is 0 Å². The van der Waals surface area contributed by atoms with Crippen LogP contribution in [0.5, 0.6) is 0 Å². The number of ether oxygens (including phenoxy) is 4. The van der Waals surface area contributed by atoms with Gasteiger partial charge < -0.3 is 18.9 Å². The van der Waals surface area contributed by atoms with Gasteiger partial charge in [0, 0.05) is 17.6 Å². The maximum absolute atomic E-state index is 12.7. The first-order valence-electron chi connectivity index (χ1n) is 14.3. The largest absolute Gasteiger partial charge is 0.459 e. The number of hydrogen-bond donors (Lipinski definition) is 0. The van der Waals surface area contributed by atoms with Crippen molar-refractivity contribution >= 4 is 39.8 Å². The highest BCUT2D eigenvalue weighted by Crippen LogP contribution is 2.18. The molecule has 0 saturated carbocycles. The quantitative estimate of drug-likeness (QED) is 0.224. The number of esters is 4. The van der Waals surface area contributed by atoms with Gasteiger partial charge in [0.25, 0.3) is 0 Å². The Hall–Kier alpha value is -2.57. The SMILES string of the molecule is CC(C)(C)OC(=O)CN(CC(=O)OC(C)(C)C)Cc1cc(Br)cc(CN(CC(=O)OC(C)(C)C)CC(=O)OC(C)(C)C)n1. The molecule has 11 nitrogen and oxygen atoms in total. The molecule has 244 valence electrons. The van der Waals surface area contributed by atoms with Crippen molar-refractivity contribution in [2.75, 3.05) is 26.2 Å². The van der Waals surface area contributed by atoms with Gasteiger partial charge in [-0.25, -0.2) is 0 Å². The third kappa shape index (κ3) is 19.4. The summed E-state index contributed by atoms with van der Waals surface area (Å²) in [6.45, 7) is 20.8. The number of carbonyl (C=O) groups is 4. The van der Waals surface area contributed by atoms with Gasteiger partial charge in [0.2, 0.25) is 0 Å². The Morgan fingerprint density at radius 2 is 0.791 bits per heavy atom. The maximum atomic E-state index is 12.7. The van der Waals surface area contributed by atoms with Gasteiger partial charge in [-0.05, 0) is 95.2 Å². The van der Waals surface area contributed by atoms with Crippen LogP contribution in [0.15, 0.2) is 16.6 Å². The van der Waals surface area contributed by atoms with Gasteiger partial charge >= 0.3 is 23.9 Å². The second-order valence-electron chi connectivity index (χ2n) is 14.4. The lowest BCUT2D eigenvalue weighted by Gasteiger charge is -2.27. The molecule has 43 heavy (non-hydrogen) atoms. The van der Waals surface area contributed by atoms with E-state index < -0.39 is 46.3 Å². The van der Waals surface area contributed by atoms with Crippen LogP contribution in [-0.4, -0.2) is 87.2 Å². The highest BCUT2D eigenvalue weighted by molar-refractivity contribution is 9.10. The highest BCUT2D eigenvalue weighted by Gasteiger charge is 2.26. The smallest absolute Gasteiger partial charge is 0.320 e. The van der Waals surface area contributed by atoms with Crippen molar-refractivity contribution < 1.29 is 38.1 Å². The number of carbonyl (C=O) groups excluding carboxylic acids is 4. The molecule has 0 saturated heterocycles. The molecule has 0 aromatic carbocycles. The van der Waals surface area contributed by atoms with Crippen molar-refractivity contribution in [3.8, 4) is 0 Å². The molecule has 0 fully saturated rings. The Labute approximate surface area is 265 Å². The van der Waals surface area contributed by atoms with Crippen LogP contribution < -0.4 is 0 Å². The number of halogens is 1. The molecule has 12 heteroatoms. The van der Waals surface area contributed by atoms with Gasteiger partial charge in [0.1, 0.15) is 22.4 Å². The lowest BCUT2D eigenvalue weighted by molar-refractivity contribution is -0.162. The summed E-state index contributed by atoms with van der Waals surface area (Å²) in [4.78, 5) is 58.6. The standard InChI is InChI=1S/C31H50BrN3O8/c1-28(2,3)40-24(36)17-34(18-25(37)41-29(4,5)6)15-22-13-21(32)14-23(33-22)16-35(19-26(38)42-30(7,8)9)20-27(39)43-31(10,11)12/h13-14H,15-20H2,1-12H3. The maximum Gasteiger partial charge on any atom is 0.320 e. The highest BCUT2D eigenvalue weighted by atomic mass is 79.9. The number of nitrogens with zero attached hydrogens (tertiary/aromatic N) is 3. The van der Waals surface area contributed by atoms with Crippen LogP contribution in [0.3, 0.4) is 0 Å². The Balaban J connectivity index is 3.26. The summed E-state index contributed by atoms with van der Waals surface area (Å²) < 4.78 is 22.6. The molecule has 0 spiro atoms. The topological polar surface area (TPSA) is 125 Å². The van der Waals surface area contributed by atoms with Crippen LogP contribution in [-0.2, 0) is 51.2 Å². The summed E-state index contributed by atoms with van der Waals surface area (Å²) in [5.41, 5.74) is -1.68. The molecule has 1 rings (SSSR count). The lowest BCUT2D eigenvalue weighted by Crippen LogP contribution is -2.40. The van der Waals surface area contributed by atoms with Gasteiger partial charge in [-0.1, -0.05) is 15.9 Å². The summed E-state index contributed by atoms with van der Waals surface area (Å²) in [5, 5.41) is 0. The average Bonchev–Trinajstić information content (AvgIpc) is 2.66. The zero-order chi connectivity index (χ0) is 33.4. The molecule has 0 aliphatic rings. The van der Waals surface area contributed by atoms with Crippen LogP contribution in [0.4, 0.5) is 0 Å². The second-order valence-corrected chi connectivity index (χ2v) is 15.3. The van der Waals surface area contributed by atoms with E-state index in [0.29, 0.717) is 15.9 Å². The number of hydrogen-bond acceptors (Lipinski definition) is 11. The van der Waals surface area contributed by atoms with Crippen molar-refractivity contribution in [2.45, 2.75) is 119 Å². The van der Waals surface area contributed by atoms with Crippen LogP contribution in [0.1, 0.15) is 94.5 Å². The first kappa shape index (κ1) is 38.5. The van der Waals surface area contributed by atoms with Gasteiger partial charge in [-0.2, -0.15) is 0 Å². The summed E-state index contributed by atoms with van der Waals surface area (Å²) in [6, 6.07) is 3.54. The molecule has 0 N–H and O–H groups in total. The molecule has 0 atom stereocenters. The number of pyridine rings is 1. The van der Waals surface area contributed by atoms with E-state index in [9.17, 15) is 19.2 Å². The molecule has 1 aromatic rings. The predicted molar refractivity (Wildman–Crippen MR) is 166 cm³/mol. The molecular formula is C31H50BrN3O8. The third-order valence-electron chi connectivity index (χ3n) is 4.76. The van der Waals surface area contributed by atoms with Crippen LogP contribution in [0.2, 0.25) is 0 Å². The second kappa shape index (κ2) is 15.4. The van der Waals surface area contributed by atoms with Crippen LogP contribution in [0, 0.1) is 0 Å². The molecule has 0 radical (unpaired) electrons. The minimum absolute atomic E-state index is 0.128. The Bertz CT molecular complexity index is 984. The molecule has 0 unspecified atom stereocenters. The number of aromatic nitrogens is 1. The fourth-order valence-electron chi connectivity index (χ4n) is 3.79. The van der Waals surface area contributed by atoms with E-state index in [0.717, 1.165) is 0 Å². The van der Waals surface area contributed by atoms with E-state index >= 15 is 0 Å². The van der Waals surface area contributed by atoms with E-state index in [2.05, 4.69) is 15.9 Å². The van der Waals surface area contributed by atoms with E-state index in [4.69, 9.17) is 23.9 Å². The van der Waals surface area contributed by atoms with Gasteiger partial charge in [-0.3, -0.25) is 34.0 Å². The minimum Gasteiger partial charge on any atom is -0.459 e. The molecule has 0 amide bonds. The van der Waals surface area contributed by atoms with E-state index in [1.54, 1.807) is 105 Å². The Morgan fingerprint density at radius 1 is 0.558 bits per heavy atom. The first-order valence-corrected chi connectivity index (χ1v) is 15.1. The van der Waals surface area contributed by atoms with E-state index in [-0.39, 0.29) is 39.3 Å². The van der Waals surface area contributed by atoms with Crippen molar-refractivity contribution in [3.05, 3.63) is 28.0 Å². The summed E-state index contributed by atoms with van der Waals surface area (Å²) in [5.74, 6) is -1.97.